The van der Waals surface area contributed by atoms with Gasteiger partial charge in [-0.25, -0.2) is 4.85 Å². The summed E-state index contributed by atoms with van der Waals surface area (Å²) >= 11 is 0. The highest BCUT2D eigenvalue weighted by Gasteiger charge is 2.19. The third-order valence-electron chi connectivity index (χ3n) is 8.54. The van der Waals surface area contributed by atoms with Gasteiger partial charge in [0, 0.05) is 38.3 Å². The summed E-state index contributed by atoms with van der Waals surface area (Å²) < 4.78 is 10.8. The van der Waals surface area contributed by atoms with Crippen molar-refractivity contribution in [3.05, 3.63) is 138 Å². The van der Waals surface area contributed by atoms with E-state index in [1.807, 2.05) is 54.6 Å². The minimum absolute atomic E-state index is 0.496. The number of fused-ring (bicyclic) bond motifs is 9. The fourth-order valence-corrected chi connectivity index (χ4v) is 6.71. The van der Waals surface area contributed by atoms with E-state index in [1.54, 1.807) is 0 Å². The van der Waals surface area contributed by atoms with Gasteiger partial charge in [0.05, 0.1) is 34.2 Å². The maximum Gasteiger partial charge on any atom is 0.188 e. The lowest BCUT2D eigenvalue weighted by Crippen LogP contribution is -1.95. The van der Waals surface area contributed by atoms with Gasteiger partial charge in [-0.05, 0) is 66.0 Å². The van der Waals surface area contributed by atoms with Gasteiger partial charge >= 0.3 is 0 Å². The van der Waals surface area contributed by atoms with Crippen LogP contribution in [0.2, 0.25) is 0 Å². The van der Waals surface area contributed by atoms with Crippen molar-refractivity contribution in [1.29, 1.82) is 5.26 Å². The summed E-state index contributed by atoms with van der Waals surface area (Å²) in [7, 11) is 0. The van der Waals surface area contributed by atoms with Crippen LogP contribution in [0.5, 0.6) is 0 Å². The Labute approximate surface area is 245 Å². The molecule has 43 heavy (non-hydrogen) atoms. The van der Waals surface area contributed by atoms with Gasteiger partial charge in [0.2, 0.25) is 0 Å². The van der Waals surface area contributed by atoms with Crippen molar-refractivity contribution in [3.8, 4) is 17.4 Å². The molecule has 6 aromatic carbocycles. The van der Waals surface area contributed by atoms with Crippen LogP contribution in [-0.2, 0) is 0 Å². The standard InChI is InChI=1S/C38H20N4O/c1-40-24-14-16-36-30(19-24)29-10-4-7-13-35(29)41(36)25-15-17-37-31(20-25)32-21-26(18-23(22-39)38(32)43-37)42-33-11-5-2-8-27(33)28-9-3-6-12-34(28)42/h2-21H. The van der Waals surface area contributed by atoms with Gasteiger partial charge in [-0.3, -0.25) is 0 Å². The number of para-hydroxylation sites is 3. The van der Waals surface area contributed by atoms with E-state index in [4.69, 9.17) is 11.0 Å². The molecular weight excluding hydrogens is 528 g/mol. The smallest absolute Gasteiger partial charge is 0.188 e. The molecular formula is C38H20N4O. The van der Waals surface area contributed by atoms with Crippen LogP contribution in [0.4, 0.5) is 5.69 Å². The fraction of sp³-hybridized carbons (Fsp3) is 0. The number of aromatic nitrogens is 2. The Balaban J connectivity index is 1.35. The Bertz CT molecular complexity index is 2650. The maximum absolute atomic E-state index is 10.2. The van der Waals surface area contributed by atoms with Crippen molar-refractivity contribution in [1.82, 2.24) is 9.13 Å². The predicted octanol–water partition coefficient (Wildman–Crippen LogP) is 10.2. The molecule has 0 unspecified atom stereocenters. The molecule has 0 spiro atoms. The Morgan fingerprint density at radius 1 is 0.558 bits per heavy atom. The number of hydrogen-bond acceptors (Lipinski definition) is 2. The summed E-state index contributed by atoms with van der Waals surface area (Å²) in [6, 6.07) is 43.5. The zero-order valence-electron chi connectivity index (χ0n) is 22.7. The number of rotatable bonds is 2. The van der Waals surface area contributed by atoms with Gasteiger partial charge in [0.25, 0.3) is 0 Å². The molecule has 0 aliphatic heterocycles. The van der Waals surface area contributed by atoms with Crippen LogP contribution >= 0.6 is 0 Å². The highest BCUT2D eigenvalue weighted by molar-refractivity contribution is 6.13. The van der Waals surface area contributed by atoms with Crippen molar-refractivity contribution in [2.45, 2.75) is 0 Å². The molecule has 5 heteroatoms. The summed E-state index contributed by atoms with van der Waals surface area (Å²) in [5.74, 6) is 0. The van der Waals surface area contributed by atoms with Crippen molar-refractivity contribution in [2.24, 2.45) is 0 Å². The summed E-state index contributed by atoms with van der Waals surface area (Å²) in [4.78, 5) is 3.66. The van der Waals surface area contributed by atoms with E-state index >= 15 is 0 Å². The fourth-order valence-electron chi connectivity index (χ4n) is 6.71. The van der Waals surface area contributed by atoms with E-state index in [0.717, 1.165) is 60.6 Å². The number of benzene rings is 6. The monoisotopic (exact) mass is 548 g/mol. The molecule has 0 N–H and O–H groups in total. The first kappa shape index (κ1) is 23.4. The van der Waals surface area contributed by atoms with E-state index < -0.39 is 0 Å². The molecule has 0 amide bonds. The zero-order valence-corrected chi connectivity index (χ0v) is 22.7. The molecule has 0 radical (unpaired) electrons. The average Bonchev–Trinajstić information content (AvgIpc) is 3.71. The van der Waals surface area contributed by atoms with Gasteiger partial charge in [-0.15, -0.1) is 0 Å². The van der Waals surface area contributed by atoms with Crippen molar-refractivity contribution in [2.75, 3.05) is 0 Å². The molecule has 3 aromatic heterocycles. The SMILES string of the molecule is [C-]#[N+]c1ccc2c(c1)c1ccccc1n2-c1ccc2oc3c(C#N)cc(-n4c5ccccc5c5ccccc54)cc3c2c1. The van der Waals surface area contributed by atoms with E-state index in [1.165, 1.54) is 10.8 Å². The second kappa shape index (κ2) is 8.60. The number of nitrogens with zero attached hydrogens (tertiary/aromatic N) is 4. The molecule has 0 aliphatic rings. The first-order valence-corrected chi connectivity index (χ1v) is 14.0. The van der Waals surface area contributed by atoms with Gasteiger partial charge < -0.3 is 13.6 Å². The molecule has 9 aromatic rings. The molecule has 3 heterocycles. The zero-order chi connectivity index (χ0) is 28.7. The molecule has 0 atom stereocenters. The lowest BCUT2D eigenvalue weighted by atomic mass is 10.1. The normalized spacial score (nSPS) is 11.7. The third-order valence-corrected chi connectivity index (χ3v) is 8.54. The molecule has 198 valence electrons. The number of nitriles is 1. The summed E-state index contributed by atoms with van der Waals surface area (Å²) in [6.45, 7) is 7.52. The molecule has 9 rings (SSSR count). The summed E-state index contributed by atoms with van der Waals surface area (Å²) in [5, 5.41) is 16.6. The van der Waals surface area contributed by atoms with E-state index in [0.29, 0.717) is 16.8 Å². The Hall–Kier alpha value is -6.30. The van der Waals surface area contributed by atoms with Crippen LogP contribution in [0.25, 0.3) is 81.8 Å². The summed E-state index contributed by atoms with van der Waals surface area (Å²) in [5.41, 5.74) is 8.60. The van der Waals surface area contributed by atoms with Crippen LogP contribution in [0, 0.1) is 17.9 Å². The largest absolute Gasteiger partial charge is 0.455 e. The third kappa shape index (κ3) is 3.19. The second-order valence-corrected chi connectivity index (χ2v) is 10.8. The predicted molar refractivity (Wildman–Crippen MR) is 173 cm³/mol. The first-order chi connectivity index (χ1) is 21.2. The highest BCUT2D eigenvalue weighted by Crippen LogP contribution is 2.39. The van der Waals surface area contributed by atoms with Crippen LogP contribution in [-0.4, -0.2) is 9.13 Å². The minimum atomic E-state index is 0.496. The van der Waals surface area contributed by atoms with Crippen LogP contribution < -0.4 is 0 Å². The summed E-state index contributed by atoms with van der Waals surface area (Å²) in [6.07, 6.45) is 0. The van der Waals surface area contributed by atoms with Gasteiger partial charge in [-0.1, -0.05) is 60.7 Å². The lowest BCUT2D eigenvalue weighted by molar-refractivity contribution is 0.667. The molecule has 5 nitrogen and oxygen atoms in total. The molecule has 0 saturated heterocycles. The van der Waals surface area contributed by atoms with Crippen molar-refractivity contribution >= 4 is 71.2 Å². The molecule has 0 bridgehead atoms. The number of furan rings is 1. The van der Waals surface area contributed by atoms with Gasteiger partial charge in [0.1, 0.15) is 11.7 Å². The minimum Gasteiger partial charge on any atom is -0.455 e. The van der Waals surface area contributed by atoms with E-state index in [9.17, 15) is 5.26 Å². The van der Waals surface area contributed by atoms with Gasteiger partial charge in [0.15, 0.2) is 11.3 Å². The molecule has 0 fully saturated rings. The number of hydrogen-bond donors (Lipinski definition) is 0. The quantitative estimate of drug-likeness (QED) is 0.202. The first-order valence-electron chi connectivity index (χ1n) is 14.0. The van der Waals surface area contributed by atoms with Crippen molar-refractivity contribution < 1.29 is 4.42 Å². The van der Waals surface area contributed by atoms with Crippen LogP contribution in [0.15, 0.2) is 126 Å². The van der Waals surface area contributed by atoms with Gasteiger partial charge in [-0.2, -0.15) is 5.26 Å². The molecule has 0 aliphatic carbocycles. The van der Waals surface area contributed by atoms with Crippen LogP contribution in [0.3, 0.4) is 0 Å². The Morgan fingerprint density at radius 3 is 1.79 bits per heavy atom. The topological polar surface area (TPSA) is 51.1 Å². The van der Waals surface area contributed by atoms with Crippen LogP contribution in [0.1, 0.15) is 5.56 Å². The van der Waals surface area contributed by atoms with E-state index in [2.05, 4.69) is 86.8 Å². The molecule has 0 saturated carbocycles. The maximum atomic E-state index is 10.2. The lowest BCUT2D eigenvalue weighted by Gasteiger charge is -2.09. The second-order valence-electron chi connectivity index (χ2n) is 10.8. The van der Waals surface area contributed by atoms with E-state index in [-0.39, 0.29) is 0 Å². The van der Waals surface area contributed by atoms with Crippen molar-refractivity contribution in [3.63, 3.8) is 0 Å². The Morgan fingerprint density at radius 2 is 1.14 bits per heavy atom. The average molecular weight is 549 g/mol. The highest BCUT2D eigenvalue weighted by atomic mass is 16.3. The Kier molecular flexibility index (Phi) is 4.68.